The van der Waals surface area contributed by atoms with Crippen LogP contribution < -0.4 is 10.6 Å². The number of carbonyl (C=O) groups excluding carboxylic acids is 1. The van der Waals surface area contributed by atoms with Crippen LogP contribution in [-0.2, 0) is 11.3 Å². The molecular weight excluding hydrogens is 256 g/mol. The molecule has 4 heteroatoms. The van der Waals surface area contributed by atoms with Crippen LogP contribution in [0.4, 0.5) is 0 Å². The molecule has 1 aromatic rings. The second kappa shape index (κ2) is 7.56. The topological polar surface area (TPSA) is 41.1 Å². The predicted molar refractivity (Wildman–Crippen MR) is 80.3 cm³/mol. The van der Waals surface area contributed by atoms with Gasteiger partial charge in [0.2, 0.25) is 5.91 Å². The first-order valence-corrected chi connectivity index (χ1v) is 7.98. The first kappa shape index (κ1) is 14.4. The van der Waals surface area contributed by atoms with Crippen molar-refractivity contribution in [3.05, 3.63) is 29.8 Å². The summed E-state index contributed by atoms with van der Waals surface area (Å²) in [6.07, 6.45) is 2.93. The summed E-state index contributed by atoms with van der Waals surface area (Å²) in [6.45, 7) is 4.02. The second-order valence-electron chi connectivity index (χ2n) is 4.86. The Morgan fingerprint density at radius 3 is 2.68 bits per heavy atom. The molecule has 0 spiro atoms. The zero-order valence-electron chi connectivity index (χ0n) is 11.4. The smallest absolute Gasteiger partial charge is 0.221 e. The molecule has 1 aliphatic rings. The van der Waals surface area contributed by atoms with Crippen molar-refractivity contribution in [1.82, 2.24) is 10.6 Å². The molecular formula is C15H22N2OS. The van der Waals surface area contributed by atoms with E-state index in [-0.39, 0.29) is 5.91 Å². The van der Waals surface area contributed by atoms with Gasteiger partial charge in [-0.3, -0.25) is 4.79 Å². The van der Waals surface area contributed by atoms with E-state index < -0.39 is 0 Å². The molecule has 0 bridgehead atoms. The predicted octanol–water partition coefficient (Wildman–Crippen LogP) is 2.56. The summed E-state index contributed by atoms with van der Waals surface area (Å²) in [6, 6.07) is 9.04. The SMILES string of the molecule is CCNCc1ccc(SCCC(=O)NC2CC2)cc1. The minimum atomic E-state index is 0.193. The molecule has 0 saturated heterocycles. The molecule has 1 amide bonds. The lowest BCUT2D eigenvalue weighted by atomic mass is 10.2. The zero-order chi connectivity index (χ0) is 13.5. The first-order valence-electron chi connectivity index (χ1n) is 6.99. The second-order valence-corrected chi connectivity index (χ2v) is 6.03. The number of nitrogens with one attached hydrogen (secondary N) is 2. The van der Waals surface area contributed by atoms with Crippen LogP contribution in [-0.4, -0.2) is 24.2 Å². The molecule has 0 unspecified atom stereocenters. The summed E-state index contributed by atoms with van der Waals surface area (Å²) < 4.78 is 0. The van der Waals surface area contributed by atoms with E-state index in [2.05, 4.69) is 41.8 Å². The van der Waals surface area contributed by atoms with Crippen LogP contribution in [0.5, 0.6) is 0 Å². The largest absolute Gasteiger partial charge is 0.353 e. The van der Waals surface area contributed by atoms with Gasteiger partial charge in [-0.25, -0.2) is 0 Å². The average Bonchev–Trinajstić information content (AvgIpc) is 3.22. The third-order valence-corrected chi connectivity index (χ3v) is 4.06. The molecule has 0 aliphatic heterocycles. The van der Waals surface area contributed by atoms with E-state index >= 15 is 0 Å². The fourth-order valence-electron chi connectivity index (χ4n) is 1.76. The Hall–Kier alpha value is -1.00. The Morgan fingerprint density at radius 2 is 2.05 bits per heavy atom. The van der Waals surface area contributed by atoms with Crippen LogP contribution in [0.25, 0.3) is 0 Å². The molecule has 104 valence electrons. The standard InChI is InChI=1S/C15H22N2OS/c1-2-16-11-12-3-7-14(8-4-12)19-10-9-15(18)17-13-5-6-13/h3-4,7-8,13,16H,2,5-6,9-11H2,1H3,(H,17,18). The Kier molecular flexibility index (Phi) is 5.73. The average molecular weight is 278 g/mol. The molecule has 1 aromatic carbocycles. The lowest BCUT2D eigenvalue weighted by Crippen LogP contribution is -2.25. The molecule has 0 heterocycles. The van der Waals surface area contributed by atoms with Gasteiger partial charge in [0.05, 0.1) is 0 Å². The Labute approximate surface area is 119 Å². The molecule has 1 saturated carbocycles. The lowest BCUT2D eigenvalue weighted by Gasteiger charge is -2.05. The van der Waals surface area contributed by atoms with E-state index in [1.807, 2.05) is 0 Å². The van der Waals surface area contributed by atoms with Gasteiger partial charge >= 0.3 is 0 Å². The van der Waals surface area contributed by atoms with Gasteiger partial charge in [-0.05, 0) is 37.1 Å². The number of thioether (sulfide) groups is 1. The van der Waals surface area contributed by atoms with Gasteiger partial charge in [-0.2, -0.15) is 0 Å². The van der Waals surface area contributed by atoms with Gasteiger partial charge < -0.3 is 10.6 Å². The highest BCUT2D eigenvalue weighted by Crippen LogP contribution is 2.21. The fourth-order valence-corrected chi connectivity index (χ4v) is 2.61. The molecule has 19 heavy (non-hydrogen) atoms. The van der Waals surface area contributed by atoms with Gasteiger partial charge in [0, 0.05) is 29.7 Å². The summed E-state index contributed by atoms with van der Waals surface area (Å²) in [5, 5.41) is 6.32. The lowest BCUT2D eigenvalue weighted by molar-refractivity contribution is -0.120. The van der Waals surface area contributed by atoms with E-state index in [1.165, 1.54) is 10.5 Å². The number of benzene rings is 1. The maximum Gasteiger partial charge on any atom is 0.221 e. The van der Waals surface area contributed by atoms with E-state index in [4.69, 9.17) is 0 Å². The summed E-state index contributed by atoms with van der Waals surface area (Å²) in [4.78, 5) is 12.8. The number of amides is 1. The summed E-state index contributed by atoms with van der Waals surface area (Å²) >= 11 is 1.75. The number of rotatable bonds is 8. The van der Waals surface area contributed by atoms with Crippen LogP contribution in [0.2, 0.25) is 0 Å². The van der Waals surface area contributed by atoms with Crippen molar-refractivity contribution in [2.24, 2.45) is 0 Å². The third-order valence-electron chi connectivity index (χ3n) is 3.04. The van der Waals surface area contributed by atoms with E-state index in [9.17, 15) is 4.79 Å². The quantitative estimate of drug-likeness (QED) is 0.718. The summed E-state index contributed by atoms with van der Waals surface area (Å²) in [5.41, 5.74) is 1.30. The van der Waals surface area contributed by atoms with E-state index in [1.54, 1.807) is 11.8 Å². The van der Waals surface area contributed by atoms with Crippen molar-refractivity contribution >= 4 is 17.7 Å². The minimum Gasteiger partial charge on any atom is -0.353 e. The fraction of sp³-hybridized carbons (Fsp3) is 0.533. The minimum absolute atomic E-state index is 0.193. The van der Waals surface area contributed by atoms with Crippen LogP contribution >= 0.6 is 11.8 Å². The summed E-state index contributed by atoms with van der Waals surface area (Å²) in [5.74, 6) is 1.05. The zero-order valence-corrected chi connectivity index (χ0v) is 12.3. The van der Waals surface area contributed by atoms with Gasteiger partial charge in [0.25, 0.3) is 0 Å². The highest BCUT2D eigenvalue weighted by molar-refractivity contribution is 7.99. The van der Waals surface area contributed by atoms with Crippen LogP contribution in [0, 0.1) is 0 Å². The van der Waals surface area contributed by atoms with Crippen molar-refractivity contribution in [3.8, 4) is 0 Å². The Bertz CT molecular complexity index is 401. The van der Waals surface area contributed by atoms with Gasteiger partial charge in [0.1, 0.15) is 0 Å². The highest BCUT2D eigenvalue weighted by atomic mass is 32.2. The molecule has 3 nitrogen and oxygen atoms in total. The maximum atomic E-state index is 11.5. The first-order chi connectivity index (χ1) is 9.28. The van der Waals surface area contributed by atoms with Gasteiger partial charge in [-0.15, -0.1) is 11.8 Å². The molecule has 0 atom stereocenters. The van der Waals surface area contributed by atoms with Crippen molar-refractivity contribution < 1.29 is 4.79 Å². The van der Waals surface area contributed by atoms with Crippen molar-refractivity contribution in [1.29, 1.82) is 0 Å². The van der Waals surface area contributed by atoms with Crippen molar-refractivity contribution in [3.63, 3.8) is 0 Å². The molecule has 2 N–H and O–H groups in total. The number of hydrogen-bond acceptors (Lipinski definition) is 3. The van der Waals surface area contributed by atoms with Crippen molar-refractivity contribution in [2.45, 2.75) is 43.7 Å². The van der Waals surface area contributed by atoms with Crippen molar-refractivity contribution in [2.75, 3.05) is 12.3 Å². The molecule has 0 radical (unpaired) electrons. The van der Waals surface area contributed by atoms with Gasteiger partial charge in [-0.1, -0.05) is 19.1 Å². The van der Waals surface area contributed by atoms with Crippen LogP contribution in [0.15, 0.2) is 29.2 Å². The van der Waals surface area contributed by atoms with Gasteiger partial charge in [0.15, 0.2) is 0 Å². The van der Waals surface area contributed by atoms with E-state index in [0.29, 0.717) is 12.5 Å². The normalized spacial score (nSPS) is 14.4. The molecule has 1 fully saturated rings. The molecule has 1 aliphatic carbocycles. The number of carbonyl (C=O) groups is 1. The number of hydrogen-bond donors (Lipinski definition) is 2. The molecule has 0 aromatic heterocycles. The Morgan fingerprint density at radius 1 is 1.32 bits per heavy atom. The highest BCUT2D eigenvalue weighted by Gasteiger charge is 2.22. The summed E-state index contributed by atoms with van der Waals surface area (Å²) in [7, 11) is 0. The third kappa shape index (κ3) is 5.66. The molecule has 2 rings (SSSR count). The van der Waals surface area contributed by atoms with Crippen LogP contribution in [0.3, 0.4) is 0 Å². The van der Waals surface area contributed by atoms with E-state index in [0.717, 1.165) is 31.7 Å². The maximum absolute atomic E-state index is 11.5. The Balaban J connectivity index is 1.65. The van der Waals surface area contributed by atoms with Crippen LogP contribution in [0.1, 0.15) is 31.7 Å². The monoisotopic (exact) mass is 278 g/mol.